The third-order valence-electron chi connectivity index (χ3n) is 5.39. The van der Waals surface area contributed by atoms with Crippen LogP contribution >= 0.6 is 0 Å². The highest BCUT2D eigenvalue weighted by atomic mass is 16.5. The Balaban J connectivity index is 1.64. The molecule has 0 spiro atoms. The number of aromatic nitrogens is 3. The van der Waals surface area contributed by atoms with Crippen molar-refractivity contribution >= 4 is 17.7 Å². The summed E-state index contributed by atoms with van der Waals surface area (Å²) in [5.74, 6) is 2.97. The van der Waals surface area contributed by atoms with E-state index in [1.807, 2.05) is 48.5 Å². The molecule has 8 heteroatoms. The van der Waals surface area contributed by atoms with Crippen molar-refractivity contribution in [2.75, 3.05) is 24.4 Å². The number of nitrogens with zero attached hydrogens (tertiary/aromatic N) is 4. The summed E-state index contributed by atoms with van der Waals surface area (Å²) in [6, 6.07) is 14.7. The molecule has 2 heterocycles. The van der Waals surface area contributed by atoms with Gasteiger partial charge in [-0.2, -0.15) is 0 Å². The van der Waals surface area contributed by atoms with E-state index in [4.69, 9.17) is 9.47 Å². The van der Waals surface area contributed by atoms with Crippen LogP contribution in [0.2, 0.25) is 0 Å². The number of urea groups is 1. The lowest BCUT2D eigenvalue weighted by molar-refractivity contribution is 0.256. The van der Waals surface area contributed by atoms with Gasteiger partial charge in [0.2, 0.25) is 5.95 Å². The Morgan fingerprint density at radius 3 is 2.61 bits per heavy atom. The molecule has 1 N–H and O–H groups in total. The number of fused-ring (bicyclic) bond motifs is 1. The zero-order valence-corrected chi connectivity index (χ0v) is 17.9. The maximum Gasteiger partial charge on any atom is 0.329 e. The van der Waals surface area contributed by atoms with E-state index in [1.54, 1.807) is 19.1 Å². The van der Waals surface area contributed by atoms with Gasteiger partial charge in [-0.25, -0.2) is 4.79 Å². The largest absolute Gasteiger partial charge is 0.497 e. The van der Waals surface area contributed by atoms with Crippen LogP contribution in [0.25, 0.3) is 0 Å². The molecule has 2 aromatic carbocycles. The van der Waals surface area contributed by atoms with Crippen molar-refractivity contribution in [1.82, 2.24) is 14.8 Å². The Kier molecular flexibility index (Phi) is 6.35. The van der Waals surface area contributed by atoms with Gasteiger partial charge in [-0.15, -0.1) is 10.2 Å². The van der Waals surface area contributed by atoms with E-state index in [0.717, 1.165) is 55.1 Å². The van der Waals surface area contributed by atoms with Crippen LogP contribution in [0, 0.1) is 0 Å². The molecule has 2 amide bonds. The monoisotopic (exact) mass is 421 g/mol. The molecule has 0 bridgehead atoms. The fourth-order valence-electron chi connectivity index (χ4n) is 3.72. The number of rotatable bonds is 6. The topological polar surface area (TPSA) is 81.5 Å². The normalized spacial score (nSPS) is 13.1. The standard InChI is InChI=1S/C23H27N5O3/c1-30-19-12-10-18(11-13-19)24-23(29)28(16-17-7-6-8-20(15-17)31-2)22-26-25-21-9-4-3-5-14-27(21)22/h6-8,10-13,15H,3-5,9,14,16H2,1-2H3,(H,24,29). The van der Waals surface area contributed by atoms with Gasteiger partial charge < -0.3 is 14.8 Å². The van der Waals surface area contributed by atoms with Crippen LogP contribution in [0.15, 0.2) is 48.5 Å². The summed E-state index contributed by atoms with van der Waals surface area (Å²) in [7, 11) is 3.24. The van der Waals surface area contributed by atoms with E-state index in [2.05, 4.69) is 20.1 Å². The first-order valence-electron chi connectivity index (χ1n) is 10.5. The Morgan fingerprint density at radius 1 is 1.03 bits per heavy atom. The first-order valence-corrected chi connectivity index (χ1v) is 10.5. The molecule has 8 nitrogen and oxygen atoms in total. The van der Waals surface area contributed by atoms with E-state index in [-0.39, 0.29) is 6.03 Å². The fraction of sp³-hybridized carbons (Fsp3) is 0.348. The number of aryl methyl sites for hydroxylation is 1. The minimum absolute atomic E-state index is 0.271. The predicted octanol–water partition coefficient (Wildman–Crippen LogP) is 4.26. The van der Waals surface area contributed by atoms with Crippen LogP contribution in [0.1, 0.15) is 30.7 Å². The molecule has 0 radical (unpaired) electrons. The molecule has 162 valence electrons. The quantitative estimate of drug-likeness (QED) is 0.643. The number of carbonyl (C=O) groups excluding carboxylic acids is 1. The number of ether oxygens (including phenoxy) is 2. The minimum Gasteiger partial charge on any atom is -0.497 e. The molecule has 3 aromatic rings. The van der Waals surface area contributed by atoms with Crippen molar-refractivity contribution in [1.29, 1.82) is 0 Å². The summed E-state index contributed by atoms with van der Waals surface area (Å²) < 4.78 is 12.6. The first kappa shape index (κ1) is 20.7. The van der Waals surface area contributed by atoms with E-state index < -0.39 is 0 Å². The number of amides is 2. The van der Waals surface area contributed by atoms with E-state index in [1.165, 1.54) is 0 Å². The molecule has 0 unspecified atom stereocenters. The second-order valence-corrected chi connectivity index (χ2v) is 7.47. The van der Waals surface area contributed by atoms with Gasteiger partial charge in [-0.3, -0.25) is 9.47 Å². The molecular weight excluding hydrogens is 394 g/mol. The van der Waals surface area contributed by atoms with Gasteiger partial charge in [-0.1, -0.05) is 18.6 Å². The number of nitrogens with one attached hydrogen (secondary N) is 1. The predicted molar refractivity (Wildman–Crippen MR) is 119 cm³/mol. The first-order chi connectivity index (χ1) is 15.2. The molecule has 0 fully saturated rings. The van der Waals surface area contributed by atoms with E-state index >= 15 is 0 Å². The number of anilines is 2. The summed E-state index contributed by atoms with van der Waals surface area (Å²) in [5.41, 5.74) is 1.62. The van der Waals surface area contributed by atoms with Gasteiger partial charge >= 0.3 is 6.03 Å². The average Bonchev–Trinajstić information content (AvgIpc) is 3.05. The van der Waals surface area contributed by atoms with Crippen LogP contribution in [-0.2, 0) is 19.5 Å². The number of hydrogen-bond acceptors (Lipinski definition) is 5. The van der Waals surface area contributed by atoms with Gasteiger partial charge in [0.15, 0.2) is 0 Å². The van der Waals surface area contributed by atoms with E-state index in [0.29, 0.717) is 18.2 Å². The molecule has 1 aromatic heterocycles. The lowest BCUT2D eigenvalue weighted by Gasteiger charge is -2.23. The number of benzene rings is 2. The highest BCUT2D eigenvalue weighted by Gasteiger charge is 2.25. The Hall–Kier alpha value is -3.55. The minimum atomic E-state index is -0.271. The number of carbonyl (C=O) groups is 1. The molecular formula is C23H27N5O3. The van der Waals surface area contributed by atoms with Crippen LogP contribution in [0.4, 0.5) is 16.4 Å². The highest BCUT2D eigenvalue weighted by Crippen LogP contribution is 2.24. The Labute approximate surface area is 181 Å². The number of methoxy groups -OCH3 is 2. The molecule has 1 aliphatic rings. The molecule has 31 heavy (non-hydrogen) atoms. The summed E-state index contributed by atoms with van der Waals surface area (Å²) in [5, 5.41) is 11.7. The Bertz CT molecular complexity index is 1030. The fourth-order valence-corrected chi connectivity index (χ4v) is 3.72. The molecule has 0 saturated carbocycles. The van der Waals surface area contributed by atoms with Crippen molar-refractivity contribution in [2.24, 2.45) is 0 Å². The zero-order valence-electron chi connectivity index (χ0n) is 17.9. The van der Waals surface area contributed by atoms with Crippen LogP contribution in [0.5, 0.6) is 11.5 Å². The summed E-state index contributed by atoms with van der Waals surface area (Å²) in [4.78, 5) is 15.0. The third kappa shape index (κ3) is 4.79. The van der Waals surface area contributed by atoms with Gasteiger partial charge in [0, 0.05) is 18.7 Å². The lowest BCUT2D eigenvalue weighted by Crippen LogP contribution is -2.36. The molecule has 1 aliphatic heterocycles. The second kappa shape index (κ2) is 9.51. The third-order valence-corrected chi connectivity index (χ3v) is 5.39. The van der Waals surface area contributed by atoms with Gasteiger partial charge in [0.25, 0.3) is 0 Å². The lowest BCUT2D eigenvalue weighted by atomic mass is 10.2. The molecule has 4 rings (SSSR count). The molecule has 0 aliphatic carbocycles. The van der Waals surface area contributed by atoms with Crippen LogP contribution in [-0.4, -0.2) is 35.0 Å². The summed E-state index contributed by atoms with van der Waals surface area (Å²) in [6.45, 7) is 1.15. The van der Waals surface area contributed by atoms with Gasteiger partial charge in [0.1, 0.15) is 17.3 Å². The van der Waals surface area contributed by atoms with Crippen molar-refractivity contribution in [3.05, 3.63) is 59.9 Å². The van der Waals surface area contributed by atoms with Gasteiger partial charge in [0.05, 0.1) is 20.8 Å². The maximum absolute atomic E-state index is 13.4. The zero-order chi connectivity index (χ0) is 21.6. The van der Waals surface area contributed by atoms with Crippen LogP contribution < -0.4 is 19.7 Å². The smallest absolute Gasteiger partial charge is 0.329 e. The van der Waals surface area contributed by atoms with Crippen molar-refractivity contribution in [2.45, 2.75) is 38.8 Å². The summed E-state index contributed by atoms with van der Waals surface area (Å²) in [6.07, 6.45) is 4.16. The molecule has 0 saturated heterocycles. The van der Waals surface area contributed by atoms with E-state index in [9.17, 15) is 4.79 Å². The molecule has 0 atom stereocenters. The maximum atomic E-state index is 13.4. The second-order valence-electron chi connectivity index (χ2n) is 7.47. The van der Waals surface area contributed by atoms with Crippen LogP contribution in [0.3, 0.4) is 0 Å². The highest BCUT2D eigenvalue weighted by molar-refractivity contribution is 6.00. The van der Waals surface area contributed by atoms with Crippen molar-refractivity contribution < 1.29 is 14.3 Å². The average molecular weight is 422 g/mol. The Morgan fingerprint density at radius 2 is 1.84 bits per heavy atom. The van der Waals surface area contributed by atoms with Crippen molar-refractivity contribution in [3.8, 4) is 11.5 Å². The van der Waals surface area contributed by atoms with Crippen molar-refractivity contribution in [3.63, 3.8) is 0 Å². The van der Waals surface area contributed by atoms with Gasteiger partial charge in [-0.05, 0) is 54.8 Å². The summed E-state index contributed by atoms with van der Waals surface area (Å²) >= 11 is 0. The SMILES string of the molecule is COc1ccc(NC(=O)N(Cc2cccc(OC)c2)c2nnc3n2CCCCC3)cc1. The number of hydrogen-bond donors (Lipinski definition) is 1.